The van der Waals surface area contributed by atoms with Crippen molar-refractivity contribution < 1.29 is 9.47 Å². The van der Waals surface area contributed by atoms with Gasteiger partial charge in [-0.2, -0.15) is 0 Å². The first-order chi connectivity index (χ1) is 8.73. The van der Waals surface area contributed by atoms with Crippen LogP contribution >= 0.6 is 0 Å². The van der Waals surface area contributed by atoms with Crippen molar-refractivity contribution in [3.05, 3.63) is 0 Å². The van der Waals surface area contributed by atoms with E-state index in [1.54, 1.807) is 0 Å². The fraction of sp³-hybridized carbons (Fsp3) is 1.00. The molecule has 0 radical (unpaired) electrons. The SMILES string of the molecule is CCOC(C)(CC)CC(C)OCC(C)(CC)C(C)C. The molecule has 0 aliphatic carbocycles. The lowest BCUT2D eigenvalue weighted by atomic mass is 9.77. The molecule has 2 nitrogen and oxygen atoms in total. The largest absolute Gasteiger partial charge is 0.378 e. The quantitative estimate of drug-likeness (QED) is 0.553. The van der Waals surface area contributed by atoms with Gasteiger partial charge in [-0.25, -0.2) is 0 Å². The van der Waals surface area contributed by atoms with Gasteiger partial charge in [0.2, 0.25) is 0 Å². The molecular formula is C17H36O2. The van der Waals surface area contributed by atoms with Gasteiger partial charge in [-0.1, -0.05) is 34.6 Å². The summed E-state index contributed by atoms with van der Waals surface area (Å²) in [6.45, 7) is 19.4. The van der Waals surface area contributed by atoms with E-state index >= 15 is 0 Å². The van der Waals surface area contributed by atoms with Crippen molar-refractivity contribution in [2.45, 2.75) is 86.4 Å². The smallest absolute Gasteiger partial charge is 0.0676 e. The lowest BCUT2D eigenvalue weighted by molar-refractivity contribution is -0.0859. The second-order valence-electron chi connectivity index (χ2n) is 6.72. The van der Waals surface area contributed by atoms with E-state index in [1.807, 2.05) is 0 Å². The van der Waals surface area contributed by atoms with Crippen molar-refractivity contribution >= 4 is 0 Å². The van der Waals surface area contributed by atoms with Gasteiger partial charge in [-0.3, -0.25) is 0 Å². The van der Waals surface area contributed by atoms with Crippen molar-refractivity contribution in [1.82, 2.24) is 0 Å². The van der Waals surface area contributed by atoms with Gasteiger partial charge in [0.15, 0.2) is 0 Å². The minimum Gasteiger partial charge on any atom is -0.378 e. The van der Waals surface area contributed by atoms with Crippen LogP contribution in [0.15, 0.2) is 0 Å². The lowest BCUT2D eigenvalue weighted by Gasteiger charge is -2.36. The maximum absolute atomic E-state index is 6.12. The first-order valence-corrected chi connectivity index (χ1v) is 7.98. The standard InChI is InChI=1S/C17H36O2/c1-9-16(7,14(4)5)13-18-15(6)12-17(8,10-2)19-11-3/h14-15H,9-13H2,1-8H3. The Balaban J connectivity index is 4.35. The van der Waals surface area contributed by atoms with Crippen LogP contribution in [0.25, 0.3) is 0 Å². The highest BCUT2D eigenvalue weighted by molar-refractivity contribution is 4.79. The summed E-state index contributed by atoms with van der Waals surface area (Å²) in [5.41, 5.74) is 0.233. The van der Waals surface area contributed by atoms with Crippen molar-refractivity contribution in [3.8, 4) is 0 Å². The van der Waals surface area contributed by atoms with E-state index in [0.29, 0.717) is 5.92 Å². The van der Waals surface area contributed by atoms with E-state index in [2.05, 4.69) is 55.4 Å². The number of ether oxygens (including phenoxy) is 2. The zero-order valence-electron chi connectivity index (χ0n) is 14.5. The van der Waals surface area contributed by atoms with Crippen LogP contribution < -0.4 is 0 Å². The van der Waals surface area contributed by atoms with Gasteiger partial charge >= 0.3 is 0 Å². The van der Waals surface area contributed by atoms with Crippen LogP contribution in [0.4, 0.5) is 0 Å². The molecular weight excluding hydrogens is 236 g/mol. The molecule has 0 saturated carbocycles. The molecule has 0 amide bonds. The molecule has 0 aromatic heterocycles. The molecule has 3 atom stereocenters. The van der Waals surface area contributed by atoms with E-state index in [0.717, 1.165) is 32.5 Å². The minimum absolute atomic E-state index is 0.0470. The molecule has 0 aromatic rings. The molecule has 0 aromatic carbocycles. The molecule has 0 rings (SSSR count). The van der Waals surface area contributed by atoms with Crippen LogP contribution in [0.2, 0.25) is 0 Å². The lowest BCUT2D eigenvalue weighted by Crippen LogP contribution is -2.35. The molecule has 0 aliphatic heterocycles. The summed E-state index contributed by atoms with van der Waals surface area (Å²) in [5, 5.41) is 0. The molecule has 0 heterocycles. The summed E-state index contributed by atoms with van der Waals surface area (Å²) in [6.07, 6.45) is 3.41. The first kappa shape index (κ1) is 18.9. The Kier molecular flexibility index (Phi) is 8.23. The van der Waals surface area contributed by atoms with Gasteiger partial charge in [-0.15, -0.1) is 0 Å². The molecule has 0 aliphatic rings. The highest BCUT2D eigenvalue weighted by Gasteiger charge is 2.30. The zero-order valence-corrected chi connectivity index (χ0v) is 14.5. The van der Waals surface area contributed by atoms with Crippen LogP contribution in [0.5, 0.6) is 0 Å². The van der Waals surface area contributed by atoms with E-state index in [-0.39, 0.29) is 17.1 Å². The number of rotatable bonds is 10. The van der Waals surface area contributed by atoms with Gasteiger partial charge in [0.1, 0.15) is 0 Å². The Bertz CT molecular complexity index is 239. The fourth-order valence-corrected chi connectivity index (χ4v) is 2.33. The molecule has 0 saturated heterocycles. The summed E-state index contributed by atoms with van der Waals surface area (Å²) in [5.74, 6) is 0.647. The van der Waals surface area contributed by atoms with Crippen LogP contribution in [0.3, 0.4) is 0 Å². The van der Waals surface area contributed by atoms with Crippen molar-refractivity contribution in [2.75, 3.05) is 13.2 Å². The van der Waals surface area contributed by atoms with Crippen LogP contribution in [0.1, 0.15) is 74.7 Å². The predicted molar refractivity (Wildman–Crippen MR) is 83.6 cm³/mol. The topological polar surface area (TPSA) is 18.5 Å². The van der Waals surface area contributed by atoms with E-state index in [1.165, 1.54) is 0 Å². The summed E-state index contributed by atoms with van der Waals surface area (Å²) in [6, 6.07) is 0. The van der Waals surface area contributed by atoms with E-state index in [4.69, 9.17) is 9.47 Å². The fourth-order valence-electron chi connectivity index (χ4n) is 2.33. The molecule has 19 heavy (non-hydrogen) atoms. The summed E-state index contributed by atoms with van der Waals surface area (Å²) >= 11 is 0. The maximum atomic E-state index is 6.12. The second-order valence-corrected chi connectivity index (χ2v) is 6.72. The average molecular weight is 272 g/mol. The maximum Gasteiger partial charge on any atom is 0.0676 e. The number of hydrogen-bond acceptors (Lipinski definition) is 2. The Morgan fingerprint density at radius 2 is 1.53 bits per heavy atom. The molecule has 116 valence electrons. The summed E-state index contributed by atoms with van der Waals surface area (Å²) < 4.78 is 12.0. The van der Waals surface area contributed by atoms with Crippen LogP contribution in [-0.4, -0.2) is 24.9 Å². The first-order valence-electron chi connectivity index (χ1n) is 7.98. The van der Waals surface area contributed by atoms with Crippen LogP contribution in [-0.2, 0) is 9.47 Å². The Labute approximate surface area is 121 Å². The Morgan fingerprint density at radius 3 is 1.89 bits per heavy atom. The molecule has 0 bridgehead atoms. The van der Waals surface area contributed by atoms with Gasteiger partial charge in [-0.05, 0) is 44.9 Å². The molecule has 0 fully saturated rings. The Morgan fingerprint density at radius 1 is 0.947 bits per heavy atom. The summed E-state index contributed by atoms with van der Waals surface area (Å²) in [4.78, 5) is 0. The highest BCUT2D eigenvalue weighted by Crippen LogP contribution is 2.32. The van der Waals surface area contributed by atoms with Crippen molar-refractivity contribution in [1.29, 1.82) is 0 Å². The van der Waals surface area contributed by atoms with Crippen molar-refractivity contribution in [2.24, 2.45) is 11.3 Å². The van der Waals surface area contributed by atoms with Gasteiger partial charge in [0, 0.05) is 13.0 Å². The Hall–Kier alpha value is -0.0800. The van der Waals surface area contributed by atoms with Gasteiger partial charge in [0.05, 0.1) is 18.3 Å². The molecule has 0 spiro atoms. The average Bonchev–Trinajstić information content (AvgIpc) is 2.36. The van der Waals surface area contributed by atoms with Crippen molar-refractivity contribution in [3.63, 3.8) is 0 Å². The third kappa shape index (κ3) is 6.27. The predicted octanol–water partition coefficient (Wildman–Crippen LogP) is 5.06. The normalized spacial score (nSPS) is 20.1. The third-order valence-electron chi connectivity index (χ3n) is 4.86. The molecule has 2 heteroatoms. The second kappa shape index (κ2) is 8.26. The van der Waals surface area contributed by atoms with Gasteiger partial charge < -0.3 is 9.47 Å². The monoisotopic (exact) mass is 272 g/mol. The summed E-state index contributed by atoms with van der Waals surface area (Å²) in [7, 11) is 0. The molecule has 3 unspecified atom stereocenters. The molecule has 0 N–H and O–H groups in total. The van der Waals surface area contributed by atoms with E-state index < -0.39 is 0 Å². The zero-order chi connectivity index (χ0) is 15.1. The van der Waals surface area contributed by atoms with Crippen LogP contribution in [0, 0.1) is 11.3 Å². The highest BCUT2D eigenvalue weighted by atomic mass is 16.5. The minimum atomic E-state index is -0.0470. The number of hydrogen-bond donors (Lipinski definition) is 0. The van der Waals surface area contributed by atoms with E-state index in [9.17, 15) is 0 Å². The third-order valence-corrected chi connectivity index (χ3v) is 4.86. The van der Waals surface area contributed by atoms with Gasteiger partial charge in [0.25, 0.3) is 0 Å².